The Hall–Kier alpha value is -1.92. The van der Waals surface area contributed by atoms with Gasteiger partial charge in [-0.25, -0.2) is 9.78 Å². The van der Waals surface area contributed by atoms with Crippen LogP contribution in [0.5, 0.6) is 0 Å². The van der Waals surface area contributed by atoms with Gasteiger partial charge in [-0.05, 0) is 40.5 Å². The molecule has 2 rings (SSSR count). The third kappa shape index (κ3) is 4.33. The van der Waals surface area contributed by atoms with Crippen molar-refractivity contribution < 1.29 is 9.53 Å². The summed E-state index contributed by atoms with van der Waals surface area (Å²) in [6.45, 7) is 13.7. The summed E-state index contributed by atoms with van der Waals surface area (Å²) in [4.78, 5) is 20.8. The first-order valence-electron chi connectivity index (χ1n) is 8.72. The average Bonchev–Trinajstić information content (AvgIpc) is 2.52. The van der Waals surface area contributed by atoms with Gasteiger partial charge in [-0.3, -0.25) is 0 Å². The molecule has 1 saturated heterocycles. The Morgan fingerprint density at radius 1 is 1.17 bits per heavy atom. The lowest BCUT2D eigenvalue weighted by atomic mass is 10.2. The lowest BCUT2D eigenvalue weighted by Gasteiger charge is -2.40. The van der Waals surface area contributed by atoms with E-state index >= 15 is 0 Å². The van der Waals surface area contributed by atoms with E-state index in [1.165, 1.54) is 0 Å². The molecular weight excluding hydrogens is 306 g/mol. The number of ether oxygens (including phenoxy) is 1. The smallest absolute Gasteiger partial charge is 0.410 e. The molecule has 0 spiro atoms. The number of piperazine rings is 1. The molecule has 1 aliphatic rings. The summed E-state index contributed by atoms with van der Waals surface area (Å²) in [6.07, 6.45) is 1.42. The van der Waals surface area contributed by atoms with Crippen molar-refractivity contribution in [1.29, 1.82) is 0 Å². The first kappa shape index (κ1) is 18.4. The van der Waals surface area contributed by atoms with Crippen LogP contribution in [-0.2, 0) is 17.6 Å². The molecule has 7 heteroatoms. The summed E-state index contributed by atoms with van der Waals surface area (Å²) in [6, 6.07) is 0.116. The maximum atomic E-state index is 12.2. The van der Waals surface area contributed by atoms with E-state index in [4.69, 9.17) is 4.74 Å². The molecule has 0 aromatic carbocycles. The van der Waals surface area contributed by atoms with Crippen molar-refractivity contribution in [2.45, 2.75) is 66.0 Å². The van der Waals surface area contributed by atoms with E-state index in [2.05, 4.69) is 40.9 Å². The van der Waals surface area contributed by atoms with Gasteiger partial charge >= 0.3 is 6.09 Å². The van der Waals surface area contributed by atoms with Gasteiger partial charge in [0.25, 0.3) is 0 Å². The SMILES string of the molecule is CCc1nnc(N2CCN(C(=O)OC(C)(C)C)CC2C)nc1CC. The zero-order valence-corrected chi connectivity index (χ0v) is 15.7. The summed E-state index contributed by atoms with van der Waals surface area (Å²) < 4.78 is 5.46. The minimum atomic E-state index is -0.476. The van der Waals surface area contributed by atoms with Crippen molar-refractivity contribution in [3.63, 3.8) is 0 Å². The fourth-order valence-corrected chi connectivity index (χ4v) is 2.80. The van der Waals surface area contributed by atoms with Crippen LogP contribution in [-0.4, -0.2) is 57.5 Å². The van der Waals surface area contributed by atoms with Gasteiger partial charge in [0.05, 0.1) is 11.4 Å². The standard InChI is InChI=1S/C17H29N5O2/c1-7-13-14(8-2)19-20-15(18-13)22-10-9-21(11-12(22)3)16(23)24-17(4,5)6/h12H,7-11H2,1-6H3. The number of nitrogens with zero attached hydrogens (tertiary/aromatic N) is 5. The van der Waals surface area contributed by atoms with Crippen LogP contribution in [0.15, 0.2) is 0 Å². The molecule has 0 N–H and O–H groups in total. The number of aryl methyl sites for hydroxylation is 2. The minimum Gasteiger partial charge on any atom is -0.444 e. The largest absolute Gasteiger partial charge is 0.444 e. The first-order valence-corrected chi connectivity index (χ1v) is 8.72. The number of hydrogen-bond donors (Lipinski definition) is 0. The highest BCUT2D eigenvalue weighted by Crippen LogP contribution is 2.19. The molecule has 1 fully saturated rings. The quantitative estimate of drug-likeness (QED) is 0.845. The molecule has 0 aliphatic carbocycles. The molecule has 1 atom stereocenters. The summed E-state index contributed by atoms with van der Waals surface area (Å²) in [5.74, 6) is 0.653. The van der Waals surface area contributed by atoms with Crippen LogP contribution in [0, 0.1) is 0 Å². The van der Waals surface area contributed by atoms with E-state index in [0.29, 0.717) is 25.6 Å². The Morgan fingerprint density at radius 3 is 2.38 bits per heavy atom. The first-order chi connectivity index (χ1) is 11.2. The molecule has 0 bridgehead atoms. The summed E-state index contributed by atoms with van der Waals surface area (Å²) in [5.41, 5.74) is 1.49. The number of anilines is 1. The van der Waals surface area contributed by atoms with Crippen LogP contribution in [0.3, 0.4) is 0 Å². The number of amides is 1. The summed E-state index contributed by atoms with van der Waals surface area (Å²) in [7, 11) is 0. The Balaban J connectivity index is 2.07. The van der Waals surface area contributed by atoms with E-state index in [-0.39, 0.29) is 12.1 Å². The van der Waals surface area contributed by atoms with Crippen LogP contribution in [0.2, 0.25) is 0 Å². The highest BCUT2D eigenvalue weighted by Gasteiger charge is 2.31. The van der Waals surface area contributed by atoms with E-state index < -0.39 is 5.60 Å². The molecule has 134 valence electrons. The van der Waals surface area contributed by atoms with Crippen LogP contribution >= 0.6 is 0 Å². The van der Waals surface area contributed by atoms with Crippen molar-refractivity contribution in [2.75, 3.05) is 24.5 Å². The van der Waals surface area contributed by atoms with Gasteiger partial charge in [0, 0.05) is 25.7 Å². The Bertz CT molecular complexity index is 585. The molecule has 0 radical (unpaired) electrons. The zero-order chi connectivity index (χ0) is 17.9. The number of carbonyl (C=O) groups is 1. The second kappa shape index (κ2) is 7.32. The van der Waals surface area contributed by atoms with E-state index in [0.717, 1.165) is 24.2 Å². The van der Waals surface area contributed by atoms with Gasteiger partial charge in [-0.2, -0.15) is 5.10 Å². The highest BCUT2D eigenvalue weighted by molar-refractivity contribution is 5.68. The third-order valence-electron chi connectivity index (χ3n) is 4.03. The molecule has 1 aromatic heterocycles. The molecule has 2 heterocycles. The number of aromatic nitrogens is 3. The average molecular weight is 335 g/mol. The number of hydrogen-bond acceptors (Lipinski definition) is 6. The normalized spacial score (nSPS) is 18.7. The van der Waals surface area contributed by atoms with Crippen molar-refractivity contribution in [2.24, 2.45) is 0 Å². The van der Waals surface area contributed by atoms with Crippen LogP contribution in [0.1, 0.15) is 52.9 Å². The van der Waals surface area contributed by atoms with Gasteiger partial charge in [0.2, 0.25) is 5.95 Å². The van der Waals surface area contributed by atoms with E-state index in [9.17, 15) is 4.79 Å². The minimum absolute atomic E-state index is 0.116. The van der Waals surface area contributed by atoms with Crippen molar-refractivity contribution in [1.82, 2.24) is 20.1 Å². The van der Waals surface area contributed by atoms with E-state index in [1.807, 2.05) is 20.8 Å². The number of carbonyl (C=O) groups excluding carboxylic acids is 1. The second-order valence-electron chi connectivity index (χ2n) is 7.18. The van der Waals surface area contributed by atoms with Crippen molar-refractivity contribution in [3.05, 3.63) is 11.4 Å². The van der Waals surface area contributed by atoms with Gasteiger partial charge in [0.1, 0.15) is 5.60 Å². The summed E-state index contributed by atoms with van der Waals surface area (Å²) >= 11 is 0. The Labute approximate surface area is 144 Å². The lowest BCUT2D eigenvalue weighted by molar-refractivity contribution is 0.0218. The summed E-state index contributed by atoms with van der Waals surface area (Å²) in [5, 5.41) is 8.61. The zero-order valence-electron chi connectivity index (χ0n) is 15.7. The Kier molecular flexibility index (Phi) is 5.62. The highest BCUT2D eigenvalue weighted by atomic mass is 16.6. The van der Waals surface area contributed by atoms with Crippen molar-refractivity contribution in [3.8, 4) is 0 Å². The fraction of sp³-hybridized carbons (Fsp3) is 0.765. The fourth-order valence-electron chi connectivity index (χ4n) is 2.80. The molecule has 1 aliphatic heterocycles. The maximum absolute atomic E-state index is 12.2. The maximum Gasteiger partial charge on any atom is 0.410 e. The molecule has 1 unspecified atom stereocenters. The predicted octanol–water partition coefficient (Wildman–Crippen LogP) is 2.44. The Morgan fingerprint density at radius 2 is 1.83 bits per heavy atom. The van der Waals surface area contributed by atoms with Crippen LogP contribution in [0.4, 0.5) is 10.7 Å². The van der Waals surface area contributed by atoms with Crippen LogP contribution < -0.4 is 4.90 Å². The van der Waals surface area contributed by atoms with Gasteiger partial charge in [0.15, 0.2) is 0 Å². The van der Waals surface area contributed by atoms with Crippen LogP contribution in [0.25, 0.3) is 0 Å². The molecule has 7 nitrogen and oxygen atoms in total. The van der Waals surface area contributed by atoms with Gasteiger partial charge in [-0.1, -0.05) is 13.8 Å². The molecule has 1 aromatic rings. The third-order valence-corrected chi connectivity index (χ3v) is 4.03. The number of rotatable bonds is 3. The second-order valence-corrected chi connectivity index (χ2v) is 7.18. The van der Waals surface area contributed by atoms with E-state index in [1.54, 1.807) is 4.90 Å². The van der Waals surface area contributed by atoms with Gasteiger partial charge < -0.3 is 14.5 Å². The van der Waals surface area contributed by atoms with Crippen molar-refractivity contribution >= 4 is 12.0 Å². The molecule has 24 heavy (non-hydrogen) atoms. The topological polar surface area (TPSA) is 71.5 Å². The molecule has 1 amide bonds. The van der Waals surface area contributed by atoms with Gasteiger partial charge in [-0.15, -0.1) is 5.10 Å². The molecule has 0 saturated carbocycles. The lowest BCUT2D eigenvalue weighted by Crippen LogP contribution is -2.55. The monoisotopic (exact) mass is 335 g/mol. The molecular formula is C17H29N5O2. The predicted molar refractivity (Wildman–Crippen MR) is 93.2 cm³/mol.